The molecule has 9 nitrogen and oxygen atoms in total. The van der Waals surface area contributed by atoms with E-state index >= 15 is 0 Å². The molecule has 6 aromatic rings. The zero-order valence-corrected chi connectivity index (χ0v) is 21.4. The largest absolute Gasteiger partial charge is 0.351 e. The lowest BCUT2D eigenvalue weighted by atomic mass is 10.2. The summed E-state index contributed by atoms with van der Waals surface area (Å²) in [5, 5.41) is 4.45. The van der Waals surface area contributed by atoms with Gasteiger partial charge in [0.25, 0.3) is 10.0 Å². The van der Waals surface area contributed by atoms with Crippen LogP contribution in [0.5, 0.6) is 0 Å². The van der Waals surface area contributed by atoms with Crippen molar-refractivity contribution in [2.75, 3.05) is 0 Å². The highest BCUT2D eigenvalue weighted by atomic mass is 35.5. The van der Waals surface area contributed by atoms with E-state index in [0.717, 1.165) is 9.25 Å². The molecule has 0 aliphatic heterocycles. The number of aromatic amines is 2. The summed E-state index contributed by atoms with van der Waals surface area (Å²) in [5.41, 5.74) is 0.477. The fourth-order valence-electron chi connectivity index (χ4n) is 4.47. The zero-order chi connectivity index (χ0) is 26.1. The van der Waals surface area contributed by atoms with Gasteiger partial charge in [-0.1, -0.05) is 41.4 Å². The molecular formula is C25H17Cl2N5O4S. The number of H-pyrrole nitrogens is 2. The normalized spacial score (nSPS) is 12.1. The van der Waals surface area contributed by atoms with E-state index in [2.05, 4.69) is 10.1 Å². The highest BCUT2D eigenvalue weighted by Crippen LogP contribution is 2.39. The van der Waals surface area contributed by atoms with Crippen molar-refractivity contribution in [3.8, 4) is 17.1 Å². The minimum absolute atomic E-state index is 0.0784. The second-order valence-corrected chi connectivity index (χ2v) is 11.1. The lowest BCUT2D eigenvalue weighted by molar-refractivity contribution is 0.589. The molecule has 0 amide bonds. The maximum absolute atomic E-state index is 14.0. The number of halogens is 2. The minimum atomic E-state index is -4.11. The molecule has 3 heterocycles. The second kappa shape index (κ2) is 8.27. The van der Waals surface area contributed by atoms with Crippen molar-refractivity contribution in [2.24, 2.45) is 7.05 Å². The minimum Gasteiger partial charge on any atom is -0.351 e. The maximum Gasteiger partial charge on any atom is 0.351 e. The molecule has 0 unspecified atom stereocenters. The van der Waals surface area contributed by atoms with Crippen LogP contribution in [0.15, 0.2) is 87.3 Å². The van der Waals surface area contributed by atoms with E-state index in [1.165, 1.54) is 23.2 Å². The fourth-order valence-corrected chi connectivity index (χ4v) is 6.36. The summed E-state index contributed by atoms with van der Waals surface area (Å²) in [4.78, 5) is 28.7. The number of hydrogen-bond acceptors (Lipinski definition) is 4. The Bertz CT molecular complexity index is 2080. The van der Waals surface area contributed by atoms with Gasteiger partial charge in [-0.25, -0.2) is 31.6 Å². The van der Waals surface area contributed by atoms with E-state index in [1.807, 2.05) is 0 Å². The Hall–Kier alpha value is -3.99. The molecule has 186 valence electrons. The Morgan fingerprint density at radius 2 is 1.57 bits per heavy atom. The summed E-state index contributed by atoms with van der Waals surface area (Å²) in [6.45, 7) is 0. The maximum atomic E-state index is 14.0. The Morgan fingerprint density at radius 1 is 0.865 bits per heavy atom. The van der Waals surface area contributed by atoms with Crippen molar-refractivity contribution >= 4 is 55.0 Å². The predicted octanol–water partition coefficient (Wildman–Crippen LogP) is 4.51. The van der Waals surface area contributed by atoms with Crippen LogP contribution in [0.2, 0.25) is 10.0 Å². The third kappa shape index (κ3) is 3.56. The zero-order valence-electron chi connectivity index (χ0n) is 19.1. The van der Waals surface area contributed by atoms with E-state index in [-0.39, 0.29) is 22.0 Å². The Morgan fingerprint density at radius 3 is 2.27 bits per heavy atom. The number of nitrogens with zero attached hydrogens (tertiary/aromatic N) is 3. The highest BCUT2D eigenvalue weighted by Gasteiger charge is 2.28. The Kier molecular flexibility index (Phi) is 5.23. The van der Waals surface area contributed by atoms with Crippen molar-refractivity contribution in [3.63, 3.8) is 0 Å². The van der Waals surface area contributed by atoms with Gasteiger partial charge in [0.2, 0.25) is 0 Å². The van der Waals surface area contributed by atoms with Crippen LogP contribution in [-0.4, -0.2) is 31.7 Å². The van der Waals surface area contributed by atoms with E-state index in [4.69, 9.17) is 23.2 Å². The van der Waals surface area contributed by atoms with Crippen LogP contribution < -0.4 is 11.4 Å². The van der Waals surface area contributed by atoms with Crippen molar-refractivity contribution in [3.05, 3.63) is 104 Å². The van der Waals surface area contributed by atoms with E-state index in [9.17, 15) is 18.0 Å². The summed E-state index contributed by atoms with van der Waals surface area (Å²) in [7, 11) is -2.76. The molecule has 12 heteroatoms. The Balaban J connectivity index is 1.79. The van der Waals surface area contributed by atoms with E-state index in [1.54, 1.807) is 60.7 Å². The number of rotatable bonds is 4. The van der Waals surface area contributed by atoms with Crippen molar-refractivity contribution in [1.29, 1.82) is 0 Å². The van der Waals surface area contributed by atoms with Gasteiger partial charge in [-0.15, -0.1) is 0 Å². The number of aromatic nitrogens is 5. The van der Waals surface area contributed by atoms with Gasteiger partial charge >= 0.3 is 11.4 Å². The third-order valence-corrected chi connectivity index (χ3v) is 8.42. The number of nitrogens with one attached hydrogen (secondary N) is 2. The molecule has 0 aliphatic carbocycles. The molecule has 37 heavy (non-hydrogen) atoms. The first-order valence-electron chi connectivity index (χ1n) is 11.0. The monoisotopic (exact) mass is 553 g/mol. The molecule has 0 saturated carbocycles. The van der Waals surface area contributed by atoms with Crippen LogP contribution in [-0.2, 0) is 17.1 Å². The van der Waals surface area contributed by atoms with Crippen LogP contribution in [0, 0.1) is 0 Å². The number of benzene rings is 3. The summed E-state index contributed by atoms with van der Waals surface area (Å²) in [5.74, 6) is 0. The predicted molar refractivity (Wildman–Crippen MR) is 143 cm³/mol. The van der Waals surface area contributed by atoms with Crippen LogP contribution in [0.25, 0.3) is 38.9 Å². The number of hydrogen-bond donors (Lipinski definition) is 2. The van der Waals surface area contributed by atoms with Gasteiger partial charge in [-0.3, -0.25) is 0 Å². The molecule has 3 aromatic carbocycles. The van der Waals surface area contributed by atoms with Crippen molar-refractivity contribution < 1.29 is 8.42 Å². The van der Waals surface area contributed by atoms with Gasteiger partial charge in [0, 0.05) is 33.4 Å². The quantitative estimate of drug-likeness (QED) is 0.334. The third-order valence-electron chi connectivity index (χ3n) is 6.20. The second-order valence-electron chi connectivity index (χ2n) is 8.45. The fraction of sp³-hybridized carbons (Fsp3) is 0.0400. The summed E-state index contributed by atoms with van der Waals surface area (Å²) in [6, 6.07) is 19.6. The van der Waals surface area contributed by atoms with Gasteiger partial charge in [-0.05, 0) is 54.6 Å². The summed E-state index contributed by atoms with van der Waals surface area (Å²) < 4.78 is 31.2. The van der Waals surface area contributed by atoms with Gasteiger partial charge < -0.3 is 4.98 Å². The van der Waals surface area contributed by atoms with E-state index in [0.29, 0.717) is 31.9 Å². The molecule has 0 spiro atoms. The van der Waals surface area contributed by atoms with E-state index < -0.39 is 21.4 Å². The molecule has 0 fully saturated rings. The molecular weight excluding hydrogens is 537 g/mol. The van der Waals surface area contributed by atoms with Crippen LogP contribution in [0.3, 0.4) is 0 Å². The Labute approximate surface area is 219 Å². The molecule has 0 aliphatic rings. The van der Waals surface area contributed by atoms with Crippen LogP contribution >= 0.6 is 23.2 Å². The molecule has 0 bridgehead atoms. The van der Waals surface area contributed by atoms with Crippen molar-refractivity contribution in [2.45, 2.75) is 4.90 Å². The SMILES string of the molecule is Cn1c(=O)[nH]n(-c2c(-c3cc4cc(Cl)ccc4n3S(=O)(=O)c3ccccc3)[nH]c3ccc(Cl)cc23)c1=O. The average molecular weight is 554 g/mol. The molecule has 0 saturated heterocycles. The van der Waals surface area contributed by atoms with Gasteiger partial charge in [-0.2, -0.15) is 4.68 Å². The number of fused-ring (bicyclic) bond motifs is 2. The summed E-state index contributed by atoms with van der Waals surface area (Å²) in [6.07, 6.45) is 0. The first-order chi connectivity index (χ1) is 17.7. The summed E-state index contributed by atoms with van der Waals surface area (Å²) >= 11 is 12.5. The molecule has 6 rings (SSSR count). The van der Waals surface area contributed by atoms with Crippen LogP contribution in [0.4, 0.5) is 0 Å². The lowest BCUT2D eigenvalue weighted by Crippen LogP contribution is -2.25. The van der Waals surface area contributed by atoms with Crippen molar-refractivity contribution in [1.82, 2.24) is 23.3 Å². The van der Waals surface area contributed by atoms with Gasteiger partial charge in [0.1, 0.15) is 5.69 Å². The molecule has 2 N–H and O–H groups in total. The standard InChI is InChI=1S/C25H17Cl2N5O4S/c1-30-24(33)29-31(25(30)34)23-18-13-16(27)7-9-19(18)28-22(23)21-12-14-11-15(26)8-10-20(14)32(21)37(35,36)17-5-3-2-4-6-17/h2-13,28H,1H3,(H,29,33). The lowest BCUT2D eigenvalue weighted by Gasteiger charge is -2.13. The smallest absolute Gasteiger partial charge is 0.351 e. The molecule has 0 radical (unpaired) electrons. The highest BCUT2D eigenvalue weighted by molar-refractivity contribution is 7.90. The first kappa shape index (κ1) is 23.4. The topological polar surface area (TPSA) is 115 Å². The van der Waals surface area contributed by atoms with Gasteiger partial charge in [0.05, 0.1) is 21.8 Å². The van der Waals surface area contributed by atoms with Gasteiger partial charge in [0.15, 0.2) is 0 Å². The van der Waals surface area contributed by atoms with Crippen LogP contribution in [0.1, 0.15) is 0 Å². The first-order valence-corrected chi connectivity index (χ1v) is 13.2. The molecule has 0 atom stereocenters. The average Bonchev–Trinajstić information content (AvgIpc) is 3.51. The molecule has 3 aromatic heterocycles.